The molecule has 1 saturated heterocycles. The predicted molar refractivity (Wildman–Crippen MR) is 94.9 cm³/mol. The quantitative estimate of drug-likeness (QED) is 0.664. The molecular formula is C17H20BN5O2. The Balaban J connectivity index is 1.77. The van der Waals surface area contributed by atoms with Crippen LogP contribution in [-0.4, -0.2) is 43.3 Å². The summed E-state index contributed by atoms with van der Waals surface area (Å²) in [4.78, 5) is 10.5. The Labute approximate surface area is 146 Å². The lowest BCUT2D eigenvalue weighted by molar-refractivity contribution is 0.00578. The summed E-state index contributed by atoms with van der Waals surface area (Å²) in [6.07, 6.45) is 3.42. The standard InChI is InChI=1S/C17H20BN5O2/c1-11-10-20-23(22-11)14-7-6-12-13(8-9-19-15(12)21-14)18-24-16(2,3)17(4,5)25-18/h6-10H,1-5H3. The fourth-order valence-corrected chi connectivity index (χ4v) is 2.78. The molecule has 0 unspecified atom stereocenters. The third-order valence-electron chi connectivity index (χ3n) is 4.94. The van der Waals surface area contributed by atoms with E-state index >= 15 is 0 Å². The Morgan fingerprint density at radius 1 is 1.04 bits per heavy atom. The van der Waals surface area contributed by atoms with Gasteiger partial charge in [-0.25, -0.2) is 9.97 Å². The van der Waals surface area contributed by atoms with Gasteiger partial charge in [-0.3, -0.25) is 0 Å². The molecule has 1 fully saturated rings. The zero-order chi connectivity index (χ0) is 17.8. The second-order valence-electron chi connectivity index (χ2n) is 7.30. The summed E-state index contributed by atoms with van der Waals surface area (Å²) in [5.41, 5.74) is 1.58. The van der Waals surface area contributed by atoms with E-state index in [0.29, 0.717) is 11.5 Å². The van der Waals surface area contributed by atoms with Crippen molar-refractivity contribution < 1.29 is 9.31 Å². The molecule has 128 valence electrons. The minimum atomic E-state index is -0.451. The van der Waals surface area contributed by atoms with Crippen LogP contribution in [0.1, 0.15) is 33.4 Å². The van der Waals surface area contributed by atoms with Gasteiger partial charge in [0.25, 0.3) is 0 Å². The molecule has 0 N–H and O–H groups in total. The zero-order valence-corrected chi connectivity index (χ0v) is 15.0. The maximum absolute atomic E-state index is 6.17. The SMILES string of the molecule is Cc1cnn(-c2ccc3c(B4OC(C)(C)C(C)(C)O4)ccnc3n2)n1. The first-order chi connectivity index (χ1) is 11.8. The average Bonchev–Trinajstić information content (AvgIpc) is 3.07. The Hall–Kier alpha value is -2.32. The van der Waals surface area contributed by atoms with Crippen molar-refractivity contribution in [2.75, 3.05) is 0 Å². The molecular weight excluding hydrogens is 317 g/mol. The first-order valence-corrected chi connectivity index (χ1v) is 8.27. The van der Waals surface area contributed by atoms with Gasteiger partial charge in [0.1, 0.15) is 0 Å². The zero-order valence-electron chi connectivity index (χ0n) is 15.0. The van der Waals surface area contributed by atoms with E-state index in [0.717, 1.165) is 16.5 Å². The molecule has 0 atom stereocenters. The van der Waals surface area contributed by atoms with Gasteiger partial charge in [0.15, 0.2) is 11.5 Å². The molecule has 4 heterocycles. The van der Waals surface area contributed by atoms with Crippen LogP contribution in [0.4, 0.5) is 0 Å². The van der Waals surface area contributed by atoms with Crippen LogP contribution in [-0.2, 0) is 9.31 Å². The summed E-state index contributed by atoms with van der Waals surface area (Å²) in [5.74, 6) is 0.624. The van der Waals surface area contributed by atoms with Gasteiger partial charge in [0.05, 0.1) is 23.1 Å². The highest BCUT2D eigenvalue weighted by Crippen LogP contribution is 2.36. The molecule has 0 aliphatic carbocycles. The van der Waals surface area contributed by atoms with E-state index in [1.807, 2.05) is 52.8 Å². The van der Waals surface area contributed by atoms with Gasteiger partial charge >= 0.3 is 7.12 Å². The van der Waals surface area contributed by atoms with Crippen LogP contribution >= 0.6 is 0 Å². The average molecular weight is 337 g/mol. The molecule has 0 bridgehead atoms. The van der Waals surface area contributed by atoms with Gasteiger partial charge < -0.3 is 9.31 Å². The fraction of sp³-hybridized carbons (Fsp3) is 0.412. The van der Waals surface area contributed by atoms with Crippen LogP contribution in [0.5, 0.6) is 0 Å². The highest BCUT2D eigenvalue weighted by Gasteiger charge is 2.52. The lowest BCUT2D eigenvalue weighted by Gasteiger charge is -2.32. The number of hydrogen-bond acceptors (Lipinski definition) is 6. The topological polar surface area (TPSA) is 75.0 Å². The van der Waals surface area contributed by atoms with Crippen molar-refractivity contribution in [2.24, 2.45) is 0 Å². The molecule has 4 rings (SSSR count). The van der Waals surface area contributed by atoms with Gasteiger partial charge in [-0.05, 0) is 58.3 Å². The number of hydrogen-bond donors (Lipinski definition) is 0. The van der Waals surface area contributed by atoms with E-state index in [9.17, 15) is 0 Å². The predicted octanol–water partition coefficient (Wildman–Crippen LogP) is 1.82. The first-order valence-electron chi connectivity index (χ1n) is 8.27. The molecule has 25 heavy (non-hydrogen) atoms. The third-order valence-corrected chi connectivity index (χ3v) is 4.94. The number of pyridine rings is 2. The van der Waals surface area contributed by atoms with Crippen LogP contribution in [0.3, 0.4) is 0 Å². The molecule has 7 nitrogen and oxygen atoms in total. The molecule has 1 aliphatic rings. The molecule has 8 heteroatoms. The van der Waals surface area contributed by atoms with Crippen LogP contribution in [0.25, 0.3) is 16.9 Å². The van der Waals surface area contributed by atoms with Gasteiger partial charge in [-0.2, -0.15) is 10.2 Å². The number of aryl methyl sites for hydroxylation is 1. The minimum absolute atomic E-state index is 0.392. The van der Waals surface area contributed by atoms with Crippen molar-refractivity contribution in [3.05, 3.63) is 36.3 Å². The van der Waals surface area contributed by atoms with E-state index in [1.54, 1.807) is 12.4 Å². The van der Waals surface area contributed by atoms with Crippen molar-refractivity contribution >= 4 is 23.6 Å². The Morgan fingerprint density at radius 2 is 1.76 bits per heavy atom. The molecule has 0 spiro atoms. The lowest BCUT2D eigenvalue weighted by Crippen LogP contribution is -2.41. The molecule has 0 amide bonds. The summed E-state index contributed by atoms with van der Waals surface area (Å²) in [6.45, 7) is 10.0. The fourth-order valence-electron chi connectivity index (χ4n) is 2.78. The highest BCUT2D eigenvalue weighted by molar-refractivity contribution is 6.65. The molecule has 0 radical (unpaired) electrons. The van der Waals surface area contributed by atoms with Gasteiger partial charge in [0, 0.05) is 11.6 Å². The summed E-state index contributed by atoms with van der Waals surface area (Å²) in [6, 6.07) is 5.75. The number of fused-ring (bicyclic) bond motifs is 1. The van der Waals surface area contributed by atoms with E-state index in [1.165, 1.54) is 4.80 Å². The Bertz CT molecular complexity index is 937. The normalized spacial score (nSPS) is 18.8. The highest BCUT2D eigenvalue weighted by atomic mass is 16.7. The monoisotopic (exact) mass is 337 g/mol. The molecule has 0 aromatic carbocycles. The maximum atomic E-state index is 6.17. The van der Waals surface area contributed by atoms with Gasteiger partial charge in [-0.1, -0.05) is 0 Å². The summed E-state index contributed by atoms with van der Waals surface area (Å²) in [7, 11) is -0.451. The van der Waals surface area contributed by atoms with Crippen LogP contribution in [0.2, 0.25) is 0 Å². The number of nitrogens with zero attached hydrogens (tertiary/aromatic N) is 5. The van der Waals surface area contributed by atoms with Crippen LogP contribution in [0.15, 0.2) is 30.6 Å². The summed E-state index contributed by atoms with van der Waals surface area (Å²) in [5, 5.41) is 9.39. The van der Waals surface area contributed by atoms with E-state index < -0.39 is 18.3 Å². The van der Waals surface area contributed by atoms with Gasteiger partial charge in [-0.15, -0.1) is 4.80 Å². The minimum Gasteiger partial charge on any atom is -0.399 e. The van der Waals surface area contributed by atoms with Crippen molar-refractivity contribution in [3.8, 4) is 5.82 Å². The smallest absolute Gasteiger partial charge is 0.399 e. The summed E-state index contributed by atoms with van der Waals surface area (Å²) >= 11 is 0. The van der Waals surface area contributed by atoms with Crippen LogP contribution in [0, 0.1) is 6.92 Å². The largest absolute Gasteiger partial charge is 0.495 e. The first kappa shape index (κ1) is 16.2. The third kappa shape index (κ3) is 2.62. The molecule has 3 aromatic heterocycles. The Kier molecular flexibility index (Phi) is 3.45. The van der Waals surface area contributed by atoms with E-state index in [-0.39, 0.29) is 0 Å². The van der Waals surface area contributed by atoms with Gasteiger partial charge in [0.2, 0.25) is 0 Å². The van der Waals surface area contributed by atoms with E-state index in [2.05, 4.69) is 20.2 Å². The maximum Gasteiger partial charge on any atom is 0.495 e. The molecule has 0 saturated carbocycles. The Morgan fingerprint density at radius 3 is 2.40 bits per heavy atom. The second kappa shape index (κ2) is 5.34. The van der Waals surface area contributed by atoms with Crippen molar-refractivity contribution in [1.29, 1.82) is 0 Å². The molecule has 3 aromatic rings. The van der Waals surface area contributed by atoms with Crippen LogP contribution < -0.4 is 5.46 Å². The molecule has 1 aliphatic heterocycles. The lowest BCUT2D eigenvalue weighted by atomic mass is 9.77. The second-order valence-corrected chi connectivity index (χ2v) is 7.30. The van der Waals surface area contributed by atoms with Crippen molar-refractivity contribution in [1.82, 2.24) is 25.0 Å². The number of rotatable bonds is 2. The summed E-state index contributed by atoms with van der Waals surface area (Å²) < 4.78 is 12.3. The number of aromatic nitrogens is 5. The van der Waals surface area contributed by atoms with Crippen molar-refractivity contribution in [2.45, 2.75) is 45.8 Å². The van der Waals surface area contributed by atoms with E-state index in [4.69, 9.17) is 9.31 Å². The van der Waals surface area contributed by atoms with Crippen molar-refractivity contribution in [3.63, 3.8) is 0 Å².